The van der Waals surface area contributed by atoms with Crippen LogP contribution >= 0.6 is 0 Å². The third-order valence-electron chi connectivity index (χ3n) is 6.62. The number of aromatic hydroxyl groups is 1. The van der Waals surface area contributed by atoms with E-state index in [-0.39, 0.29) is 17.4 Å². The monoisotopic (exact) mass is 506 g/mol. The SMILES string of the molecule is COc1cc(C[C@@H](C)[C@@H](C)Cc2ccc(O[C@@H]3O[C@H](C(=O)O)[C@@H](O)[C@H](O)[C@H]3O)c(OC)c2)ccc1O. The van der Waals surface area contributed by atoms with E-state index >= 15 is 0 Å². The van der Waals surface area contributed by atoms with Crippen LogP contribution in [-0.2, 0) is 22.4 Å². The fourth-order valence-corrected chi connectivity index (χ4v) is 4.21. The first kappa shape index (κ1) is 27.5. The Kier molecular flexibility index (Phi) is 9.02. The van der Waals surface area contributed by atoms with Crippen LogP contribution in [0.4, 0.5) is 0 Å². The minimum Gasteiger partial charge on any atom is -0.504 e. The van der Waals surface area contributed by atoms with E-state index < -0.39 is 36.7 Å². The normalized spacial score (nSPS) is 25.6. The molecule has 2 aromatic carbocycles. The van der Waals surface area contributed by atoms with Crippen molar-refractivity contribution in [3.05, 3.63) is 47.5 Å². The molecule has 1 heterocycles. The van der Waals surface area contributed by atoms with Crippen molar-refractivity contribution in [2.24, 2.45) is 11.8 Å². The third kappa shape index (κ3) is 6.19. The number of carboxylic acids is 1. The van der Waals surface area contributed by atoms with Gasteiger partial charge in [0.2, 0.25) is 6.29 Å². The first-order valence-electron chi connectivity index (χ1n) is 11.7. The molecule has 198 valence electrons. The van der Waals surface area contributed by atoms with E-state index in [0.717, 1.165) is 24.0 Å². The Morgan fingerprint density at radius 3 is 1.97 bits per heavy atom. The van der Waals surface area contributed by atoms with Gasteiger partial charge in [0, 0.05) is 0 Å². The van der Waals surface area contributed by atoms with Gasteiger partial charge in [-0.2, -0.15) is 0 Å². The Labute approximate surface area is 209 Å². The molecule has 2 aromatic rings. The molecule has 0 aliphatic carbocycles. The van der Waals surface area contributed by atoms with Crippen molar-refractivity contribution < 1.29 is 49.3 Å². The molecule has 36 heavy (non-hydrogen) atoms. The van der Waals surface area contributed by atoms with E-state index in [1.165, 1.54) is 14.2 Å². The molecule has 0 amide bonds. The van der Waals surface area contributed by atoms with Gasteiger partial charge in [0.25, 0.3) is 0 Å². The number of ether oxygens (including phenoxy) is 4. The number of aliphatic hydroxyl groups is 3. The molecule has 1 aliphatic heterocycles. The Balaban J connectivity index is 1.68. The molecule has 7 atom stereocenters. The van der Waals surface area contributed by atoms with Crippen LogP contribution in [0.3, 0.4) is 0 Å². The number of hydrogen-bond donors (Lipinski definition) is 5. The molecule has 0 bridgehead atoms. The third-order valence-corrected chi connectivity index (χ3v) is 6.62. The molecule has 0 saturated carbocycles. The number of aliphatic carboxylic acids is 1. The van der Waals surface area contributed by atoms with Gasteiger partial charge in [-0.3, -0.25) is 0 Å². The van der Waals surface area contributed by atoms with E-state index in [9.17, 15) is 30.3 Å². The fourth-order valence-electron chi connectivity index (χ4n) is 4.21. The molecule has 0 radical (unpaired) electrons. The number of methoxy groups -OCH3 is 2. The Morgan fingerprint density at radius 2 is 1.42 bits per heavy atom. The summed E-state index contributed by atoms with van der Waals surface area (Å²) < 4.78 is 21.5. The van der Waals surface area contributed by atoms with Crippen molar-refractivity contribution in [1.82, 2.24) is 0 Å². The quantitative estimate of drug-likeness (QED) is 0.322. The van der Waals surface area contributed by atoms with Crippen molar-refractivity contribution in [1.29, 1.82) is 0 Å². The maximum atomic E-state index is 11.3. The smallest absolute Gasteiger partial charge is 0.335 e. The minimum absolute atomic E-state index is 0.103. The topological polar surface area (TPSA) is 155 Å². The fraction of sp³-hybridized carbons (Fsp3) is 0.500. The van der Waals surface area contributed by atoms with Crippen LogP contribution in [0.5, 0.6) is 23.0 Å². The van der Waals surface area contributed by atoms with E-state index in [1.807, 2.05) is 18.2 Å². The first-order chi connectivity index (χ1) is 17.0. The van der Waals surface area contributed by atoms with Gasteiger partial charge in [0.05, 0.1) is 14.2 Å². The van der Waals surface area contributed by atoms with Crippen molar-refractivity contribution in [2.45, 2.75) is 57.4 Å². The second-order valence-corrected chi connectivity index (χ2v) is 9.21. The van der Waals surface area contributed by atoms with Gasteiger partial charge in [-0.05, 0) is 60.1 Å². The lowest BCUT2D eigenvalue weighted by molar-refractivity contribution is -0.271. The Bertz CT molecular complexity index is 1040. The number of phenolic OH excluding ortho intramolecular Hbond substituents is 1. The summed E-state index contributed by atoms with van der Waals surface area (Å²) >= 11 is 0. The van der Waals surface area contributed by atoms with Crippen LogP contribution in [0, 0.1) is 11.8 Å². The Morgan fingerprint density at radius 1 is 0.861 bits per heavy atom. The summed E-state index contributed by atoms with van der Waals surface area (Å²) in [5.41, 5.74) is 2.04. The molecule has 0 spiro atoms. The van der Waals surface area contributed by atoms with E-state index in [4.69, 9.17) is 18.9 Å². The molecule has 5 N–H and O–H groups in total. The molecule has 1 fully saturated rings. The second kappa shape index (κ2) is 11.8. The predicted molar refractivity (Wildman–Crippen MR) is 128 cm³/mol. The van der Waals surface area contributed by atoms with Crippen LogP contribution in [-0.4, -0.2) is 76.4 Å². The van der Waals surface area contributed by atoms with Crippen LogP contribution in [0.25, 0.3) is 0 Å². The van der Waals surface area contributed by atoms with Gasteiger partial charge in [-0.15, -0.1) is 0 Å². The number of rotatable bonds is 10. The molecular weight excluding hydrogens is 472 g/mol. The predicted octanol–water partition coefficient (Wildman–Crippen LogP) is 1.74. The van der Waals surface area contributed by atoms with E-state index in [2.05, 4.69) is 13.8 Å². The molecule has 10 nitrogen and oxygen atoms in total. The highest BCUT2D eigenvalue weighted by molar-refractivity contribution is 5.73. The molecule has 3 rings (SSSR count). The summed E-state index contributed by atoms with van der Waals surface area (Å²) in [6, 6.07) is 10.6. The lowest BCUT2D eigenvalue weighted by Gasteiger charge is -2.38. The highest BCUT2D eigenvalue weighted by Crippen LogP contribution is 2.34. The summed E-state index contributed by atoms with van der Waals surface area (Å²) in [4.78, 5) is 11.3. The maximum Gasteiger partial charge on any atom is 0.335 e. The summed E-state index contributed by atoms with van der Waals surface area (Å²) in [5, 5.41) is 49.1. The van der Waals surface area contributed by atoms with Gasteiger partial charge in [0.1, 0.15) is 18.3 Å². The molecule has 10 heteroatoms. The van der Waals surface area contributed by atoms with Gasteiger partial charge in [0.15, 0.2) is 29.1 Å². The summed E-state index contributed by atoms with van der Waals surface area (Å²) in [5.74, 6) is 0.195. The summed E-state index contributed by atoms with van der Waals surface area (Å²) in [7, 11) is 2.97. The van der Waals surface area contributed by atoms with Gasteiger partial charge >= 0.3 is 5.97 Å². The minimum atomic E-state index is -1.80. The van der Waals surface area contributed by atoms with Crippen LogP contribution < -0.4 is 14.2 Å². The largest absolute Gasteiger partial charge is 0.504 e. The number of carboxylic acid groups (broad SMARTS) is 1. The van der Waals surface area contributed by atoms with Gasteiger partial charge in [-0.25, -0.2) is 4.79 Å². The van der Waals surface area contributed by atoms with Crippen molar-refractivity contribution in [3.8, 4) is 23.0 Å². The summed E-state index contributed by atoms with van der Waals surface area (Å²) in [6.07, 6.45) is -6.97. The zero-order valence-electron chi connectivity index (χ0n) is 20.7. The number of aliphatic hydroxyl groups excluding tert-OH is 3. The van der Waals surface area contributed by atoms with Gasteiger partial charge < -0.3 is 44.5 Å². The molecular formula is C26H34O10. The van der Waals surface area contributed by atoms with Crippen molar-refractivity contribution in [2.75, 3.05) is 14.2 Å². The van der Waals surface area contributed by atoms with Crippen molar-refractivity contribution >= 4 is 5.97 Å². The van der Waals surface area contributed by atoms with Crippen LogP contribution in [0.15, 0.2) is 36.4 Å². The highest BCUT2D eigenvalue weighted by atomic mass is 16.7. The number of hydrogen-bond acceptors (Lipinski definition) is 9. The van der Waals surface area contributed by atoms with Crippen LogP contribution in [0.2, 0.25) is 0 Å². The maximum absolute atomic E-state index is 11.3. The standard InChI is InChI=1S/C26H34O10/c1-13(9-15-5-7-17(27)19(11-15)33-3)14(2)10-16-6-8-18(20(12-16)34-4)35-26-23(30)21(28)22(29)24(36-26)25(31)32/h5-8,11-14,21-24,26-30H,9-10H2,1-4H3,(H,31,32)/t13-,14+,21+,22+,23-,24+,26-/m1/s1. The second-order valence-electron chi connectivity index (χ2n) is 9.21. The van der Waals surface area contributed by atoms with Crippen LogP contribution in [0.1, 0.15) is 25.0 Å². The molecule has 1 saturated heterocycles. The van der Waals surface area contributed by atoms with E-state index in [0.29, 0.717) is 17.4 Å². The number of benzene rings is 2. The molecule has 0 aromatic heterocycles. The number of carbonyl (C=O) groups is 1. The highest BCUT2D eigenvalue weighted by Gasteiger charge is 2.48. The lowest BCUT2D eigenvalue weighted by atomic mass is 9.85. The van der Waals surface area contributed by atoms with E-state index in [1.54, 1.807) is 18.2 Å². The van der Waals surface area contributed by atoms with Gasteiger partial charge in [-0.1, -0.05) is 26.0 Å². The lowest BCUT2D eigenvalue weighted by Crippen LogP contribution is -2.61. The average Bonchev–Trinajstić information content (AvgIpc) is 2.85. The Hall–Kier alpha value is -3.05. The first-order valence-corrected chi connectivity index (χ1v) is 11.7. The summed E-state index contributed by atoms with van der Waals surface area (Å²) in [6.45, 7) is 4.29. The number of phenols is 1. The van der Waals surface area contributed by atoms with Crippen molar-refractivity contribution in [3.63, 3.8) is 0 Å². The average molecular weight is 507 g/mol. The molecule has 0 unspecified atom stereocenters. The zero-order chi connectivity index (χ0) is 26.6. The zero-order valence-corrected chi connectivity index (χ0v) is 20.7. The molecule has 1 aliphatic rings.